The Kier molecular flexibility index (Phi) is 3.10. The third-order valence-electron chi connectivity index (χ3n) is 3.21. The number of hydrogen-bond donors (Lipinski definition) is 1. The van der Waals surface area contributed by atoms with Gasteiger partial charge in [-0.25, -0.2) is 13.9 Å². The number of hydrogen-bond acceptors (Lipinski definition) is 3. The molecule has 1 aromatic carbocycles. The first-order valence-electron chi connectivity index (χ1n) is 6.59. The first kappa shape index (κ1) is 12.6. The molecule has 3 rings (SSSR count). The summed E-state index contributed by atoms with van der Waals surface area (Å²) < 4.78 is 15.7. The molecule has 0 saturated carbocycles. The summed E-state index contributed by atoms with van der Waals surface area (Å²) in [5.41, 5.74) is 8.44. The average Bonchev–Trinajstić information content (AvgIpc) is 2.78. The Hall–Kier alpha value is -2.43. The van der Waals surface area contributed by atoms with Crippen LogP contribution in [0.3, 0.4) is 0 Å². The Morgan fingerprint density at radius 2 is 2.00 bits per heavy atom. The highest BCUT2D eigenvalue weighted by molar-refractivity contribution is 5.67. The molecule has 0 radical (unpaired) electrons. The topological polar surface area (TPSA) is 56.2 Å². The fourth-order valence-corrected chi connectivity index (χ4v) is 2.32. The summed E-state index contributed by atoms with van der Waals surface area (Å²) in [5.74, 6) is 0.147. The predicted octanol–water partition coefficient (Wildman–Crippen LogP) is 3.07. The van der Waals surface area contributed by atoms with Gasteiger partial charge in [-0.05, 0) is 30.7 Å². The molecule has 3 aromatic rings. The van der Waals surface area contributed by atoms with E-state index in [-0.39, 0.29) is 5.82 Å². The van der Waals surface area contributed by atoms with Gasteiger partial charge in [0.2, 0.25) is 0 Å². The minimum Gasteiger partial charge on any atom is -0.382 e. The van der Waals surface area contributed by atoms with E-state index in [9.17, 15) is 4.39 Å². The van der Waals surface area contributed by atoms with E-state index in [0.717, 1.165) is 18.5 Å². The highest BCUT2D eigenvalue weighted by Crippen LogP contribution is 2.27. The Bertz CT molecular complexity index is 764. The van der Waals surface area contributed by atoms with E-state index >= 15 is 0 Å². The number of nitrogen functional groups attached to an aromatic ring is 1. The van der Waals surface area contributed by atoms with Gasteiger partial charge in [-0.3, -0.25) is 0 Å². The number of imidazole rings is 1. The van der Waals surface area contributed by atoms with Crippen LogP contribution in [0, 0.1) is 5.82 Å². The summed E-state index contributed by atoms with van der Waals surface area (Å²) in [6, 6.07) is 10.1. The number of nitrogens with two attached hydrogens (primary N) is 1. The number of nitrogens with zero attached hydrogens (tertiary/aromatic N) is 3. The zero-order valence-electron chi connectivity index (χ0n) is 11.2. The molecular weight excluding hydrogens is 255 g/mol. The van der Waals surface area contributed by atoms with Crippen LogP contribution in [0.5, 0.6) is 0 Å². The van der Waals surface area contributed by atoms with Crippen LogP contribution in [0.4, 0.5) is 10.2 Å². The van der Waals surface area contributed by atoms with Crippen molar-refractivity contribution < 1.29 is 4.39 Å². The Morgan fingerprint density at radius 3 is 2.75 bits per heavy atom. The lowest BCUT2D eigenvalue weighted by atomic mass is 10.1. The summed E-state index contributed by atoms with van der Waals surface area (Å²) >= 11 is 0. The van der Waals surface area contributed by atoms with Crippen LogP contribution < -0.4 is 5.73 Å². The van der Waals surface area contributed by atoms with Crippen molar-refractivity contribution in [3.8, 4) is 11.3 Å². The molecule has 20 heavy (non-hydrogen) atoms. The largest absolute Gasteiger partial charge is 0.382 e. The molecule has 0 bridgehead atoms. The van der Waals surface area contributed by atoms with Crippen LogP contribution in [-0.4, -0.2) is 14.6 Å². The number of rotatable bonds is 3. The van der Waals surface area contributed by atoms with Gasteiger partial charge in [-0.15, -0.1) is 5.10 Å². The number of halogens is 1. The van der Waals surface area contributed by atoms with Crippen LogP contribution in [0.15, 0.2) is 36.4 Å². The average molecular weight is 270 g/mol. The molecule has 5 heteroatoms. The number of fused-ring (bicyclic) bond motifs is 1. The molecule has 2 aromatic heterocycles. The van der Waals surface area contributed by atoms with Gasteiger partial charge in [0.1, 0.15) is 11.6 Å². The number of aromatic nitrogens is 3. The fourth-order valence-electron chi connectivity index (χ4n) is 2.32. The molecule has 0 fully saturated rings. The Labute approximate surface area is 116 Å². The van der Waals surface area contributed by atoms with Gasteiger partial charge in [0.15, 0.2) is 5.65 Å². The predicted molar refractivity (Wildman–Crippen MR) is 76.8 cm³/mol. The second-order valence-corrected chi connectivity index (χ2v) is 4.67. The van der Waals surface area contributed by atoms with E-state index in [1.807, 2.05) is 0 Å². The monoisotopic (exact) mass is 270 g/mol. The molecule has 0 amide bonds. The highest BCUT2D eigenvalue weighted by Gasteiger charge is 2.17. The lowest BCUT2D eigenvalue weighted by molar-refractivity contribution is 0.630. The van der Waals surface area contributed by atoms with E-state index in [4.69, 9.17) is 5.73 Å². The molecule has 4 nitrogen and oxygen atoms in total. The lowest BCUT2D eigenvalue weighted by Gasteiger charge is -2.04. The molecule has 2 heterocycles. The van der Waals surface area contributed by atoms with E-state index in [0.29, 0.717) is 22.7 Å². The zero-order chi connectivity index (χ0) is 14.1. The Morgan fingerprint density at radius 1 is 1.20 bits per heavy atom. The third kappa shape index (κ3) is 2.01. The van der Waals surface area contributed by atoms with Gasteiger partial charge in [-0.1, -0.05) is 25.5 Å². The smallest absolute Gasteiger partial charge is 0.154 e. The van der Waals surface area contributed by atoms with E-state index in [1.165, 1.54) is 6.07 Å². The van der Waals surface area contributed by atoms with Crippen molar-refractivity contribution in [3.63, 3.8) is 0 Å². The standard InChI is InChI=1S/C15H15FN4/c1-2-5-12-15(10-6-3-4-7-11(10)16)18-14-9-8-13(17)19-20(12)14/h3-4,6-9H,2,5H2,1H3,(H2,17,19). The van der Waals surface area contributed by atoms with Crippen molar-refractivity contribution in [1.82, 2.24) is 14.6 Å². The van der Waals surface area contributed by atoms with Crippen molar-refractivity contribution >= 4 is 11.5 Å². The quantitative estimate of drug-likeness (QED) is 0.795. The van der Waals surface area contributed by atoms with Crippen LogP contribution in [0.1, 0.15) is 19.0 Å². The Balaban J connectivity index is 2.30. The first-order chi connectivity index (χ1) is 9.70. The van der Waals surface area contributed by atoms with Crippen molar-refractivity contribution in [2.75, 3.05) is 5.73 Å². The molecule has 0 unspecified atom stereocenters. The third-order valence-corrected chi connectivity index (χ3v) is 3.21. The van der Waals surface area contributed by atoms with Gasteiger partial charge >= 0.3 is 0 Å². The van der Waals surface area contributed by atoms with Gasteiger partial charge in [-0.2, -0.15) is 0 Å². The normalized spacial score (nSPS) is 11.1. The summed E-state index contributed by atoms with van der Waals surface area (Å²) in [4.78, 5) is 4.51. The van der Waals surface area contributed by atoms with Crippen molar-refractivity contribution in [3.05, 3.63) is 47.9 Å². The summed E-state index contributed by atoms with van der Waals surface area (Å²) in [6.07, 6.45) is 1.69. The number of aryl methyl sites for hydroxylation is 1. The molecule has 0 saturated heterocycles. The molecular formula is C15H15FN4. The van der Waals surface area contributed by atoms with Gasteiger partial charge in [0, 0.05) is 5.56 Å². The minimum absolute atomic E-state index is 0.277. The maximum absolute atomic E-state index is 14.0. The van der Waals surface area contributed by atoms with Crippen LogP contribution in [-0.2, 0) is 6.42 Å². The van der Waals surface area contributed by atoms with Crippen LogP contribution in [0.25, 0.3) is 16.9 Å². The second-order valence-electron chi connectivity index (χ2n) is 4.67. The zero-order valence-corrected chi connectivity index (χ0v) is 11.2. The second kappa shape index (κ2) is 4.92. The van der Waals surface area contributed by atoms with Crippen molar-refractivity contribution in [2.45, 2.75) is 19.8 Å². The lowest BCUT2D eigenvalue weighted by Crippen LogP contribution is -2.02. The van der Waals surface area contributed by atoms with Gasteiger partial charge < -0.3 is 5.73 Å². The summed E-state index contributed by atoms with van der Waals surface area (Å²) in [6.45, 7) is 2.07. The number of anilines is 1. The number of benzene rings is 1. The molecule has 102 valence electrons. The van der Waals surface area contributed by atoms with Crippen molar-refractivity contribution in [1.29, 1.82) is 0 Å². The molecule has 0 aliphatic carbocycles. The summed E-state index contributed by atoms with van der Waals surface area (Å²) in [7, 11) is 0. The first-order valence-corrected chi connectivity index (χ1v) is 6.59. The molecule has 0 spiro atoms. The van der Waals surface area contributed by atoms with E-state index < -0.39 is 0 Å². The van der Waals surface area contributed by atoms with Crippen LogP contribution >= 0.6 is 0 Å². The highest BCUT2D eigenvalue weighted by atomic mass is 19.1. The SMILES string of the molecule is CCCc1c(-c2ccccc2F)nc2ccc(N)nn12. The van der Waals surface area contributed by atoms with E-state index in [2.05, 4.69) is 17.0 Å². The molecule has 0 aliphatic rings. The maximum Gasteiger partial charge on any atom is 0.154 e. The van der Waals surface area contributed by atoms with Crippen LogP contribution in [0.2, 0.25) is 0 Å². The van der Waals surface area contributed by atoms with Gasteiger partial charge in [0.05, 0.1) is 11.4 Å². The molecule has 0 aliphatic heterocycles. The van der Waals surface area contributed by atoms with E-state index in [1.54, 1.807) is 34.8 Å². The summed E-state index contributed by atoms with van der Waals surface area (Å²) in [5, 5.41) is 4.28. The molecule has 0 atom stereocenters. The fraction of sp³-hybridized carbons (Fsp3) is 0.200. The minimum atomic E-state index is -0.277. The molecule has 2 N–H and O–H groups in total. The maximum atomic E-state index is 14.0. The van der Waals surface area contributed by atoms with Crippen molar-refractivity contribution in [2.24, 2.45) is 0 Å². The van der Waals surface area contributed by atoms with Gasteiger partial charge in [0.25, 0.3) is 0 Å².